The molecule has 0 bridgehead atoms. The predicted octanol–water partition coefficient (Wildman–Crippen LogP) is 3.91. The Balaban J connectivity index is 1.59. The summed E-state index contributed by atoms with van der Waals surface area (Å²) in [6, 6.07) is 16.2. The molecule has 0 fully saturated rings. The van der Waals surface area contributed by atoms with Crippen molar-refractivity contribution < 1.29 is 9.90 Å². The van der Waals surface area contributed by atoms with Gasteiger partial charge in [-0.3, -0.25) is 4.79 Å². The second-order valence-electron chi connectivity index (χ2n) is 8.62. The van der Waals surface area contributed by atoms with E-state index in [-0.39, 0.29) is 18.0 Å². The number of nitrogens with zero attached hydrogens (tertiary/aromatic N) is 1. The van der Waals surface area contributed by atoms with Crippen LogP contribution in [-0.2, 0) is 10.2 Å². The Morgan fingerprint density at radius 2 is 1.97 bits per heavy atom. The van der Waals surface area contributed by atoms with Crippen LogP contribution in [0.2, 0.25) is 0 Å². The molecule has 4 N–H and O–H groups in total. The Morgan fingerprint density at radius 3 is 2.60 bits per heavy atom. The normalized spacial score (nSPS) is 17.6. The third-order valence-electron chi connectivity index (χ3n) is 6.11. The van der Waals surface area contributed by atoms with E-state index in [1.807, 2.05) is 42.5 Å². The number of nitriles is 1. The van der Waals surface area contributed by atoms with Crippen LogP contribution in [0, 0.1) is 11.3 Å². The summed E-state index contributed by atoms with van der Waals surface area (Å²) in [7, 11) is 0. The van der Waals surface area contributed by atoms with Crippen LogP contribution in [-0.4, -0.2) is 36.2 Å². The lowest BCUT2D eigenvalue weighted by Crippen LogP contribution is -2.48. The highest BCUT2D eigenvalue weighted by molar-refractivity contribution is 5.80. The summed E-state index contributed by atoms with van der Waals surface area (Å²) in [5, 5.41) is 29.3. The molecular weight excluding hydrogens is 376 g/mol. The Bertz CT molecular complexity index is 947. The van der Waals surface area contributed by atoms with E-state index in [4.69, 9.17) is 0 Å². The Labute approximate surface area is 178 Å². The maximum atomic E-state index is 11.4. The molecular formula is C24H30N4O2. The molecule has 2 aromatic rings. The highest BCUT2D eigenvalue weighted by atomic mass is 16.4. The van der Waals surface area contributed by atoms with Gasteiger partial charge in [0.2, 0.25) is 0 Å². The molecule has 1 aliphatic rings. The molecule has 6 nitrogen and oxygen atoms in total. The maximum absolute atomic E-state index is 11.4. The number of nitrogens with one attached hydrogen (secondary N) is 3. The lowest BCUT2D eigenvalue weighted by atomic mass is 9.84. The highest BCUT2D eigenvalue weighted by Crippen LogP contribution is 2.30. The van der Waals surface area contributed by atoms with Gasteiger partial charge in [-0.2, -0.15) is 5.26 Å². The first-order chi connectivity index (χ1) is 14.2. The molecule has 3 atom stereocenters. The number of anilines is 2. The molecule has 0 unspecified atom stereocenters. The summed E-state index contributed by atoms with van der Waals surface area (Å²) in [5.74, 6) is -0.540. The number of fused-ring (bicyclic) bond motifs is 1. The number of hydrogen-bond acceptors (Lipinski definition) is 5. The van der Waals surface area contributed by atoms with Gasteiger partial charge in [-0.15, -0.1) is 0 Å². The van der Waals surface area contributed by atoms with Crippen molar-refractivity contribution in [1.82, 2.24) is 5.32 Å². The van der Waals surface area contributed by atoms with Crippen LogP contribution in [0.4, 0.5) is 11.4 Å². The van der Waals surface area contributed by atoms with E-state index in [9.17, 15) is 15.2 Å². The van der Waals surface area contributed by atoms with Gasteiger partial charge in [-0.25, -0.2) is 0 Å². The van der Waals surface area contributed by atoms with Crippen LogP contribution in [0.1, 0.15) is 50.3 Å². The largest absolute Gasteiger partial charge is 0.481 e. The van der Waals surface area contributed by atoms with E-state index in [2.05, 4.69) is 35.9 Å². The maximum Gasteiger partial charge on any atom is 0.313 e. The van der Waals surface area contributed by atoms with Crippen molar-refractivity contribution in [3.8, 4) is 6.07 Å². The van der Waals surface area contributed by atoms with Crippen LogP contribution in [0.3, 0.4) is 0 Å². The second kappa shape index (κ2) is 8.76. The number of carboxylic acids is 1. The van der Waals surface area contributed by atoms with E-state index in [0.29, 0.717) is 5.56 Å². The molecule has 158 valence electrons. The minimum atomic E-state index is -0.896. The number of hydrogen-bond donors (Lipinski definition) is 4. The van der Waals surface area contributed by atoms with Gasteiger partial charge in [-0.1, -0.05) is 37.3 Å². The molecule has 0 aliphatic carbocycles. The summed E-state index contributed by atoms with van der Waals surface area (Å²) in [6.45, 7) is 9.32. The Hall–Kier alpha value is -3.04. The molecule has 1 heterocycles. The number of carbonyl (C=O) groups is 1. The molecule has 0 saturated heterocycles. The summed E-state index contributed by atoms with van der Waals surface area (Å²) < 4.78 is 0. The number of carboxylic acid groups (broad SMARTS) is 1. The quantitative estimate of drug-likeness (QED) is 0.557. The van der Waals surface area contributed by atoms with Crippen LogP contribution in [0.15, 0.2) is 42.5 Å². The minimum Gasteiger partial charge on any atom is -0.481 e. The monoisotopic (exact) mass is 406 g/mol. The Kier molecular flexibility index (Phi) is 6.33. The van der Waals surface area contributed by atoms with Gasteiger partial charge in [0.05, 0.1) is 28.4 Å². The average Bonchev–Trinajstić information content (AvgIpc) is 2.76. The van der Waals surface area contributed by atoms with Crippen molar-refractivity contribution in [3.05, 3.63) is 59.2 Å². The topological polar surface area (TPSA) is 97.2 Å². The zero-order valence-electron chi connectivity index (χ0n) is 18.0. The number of rotatable bonds is 7. The van der Waals surface area contributed by atoms with Crippen molar-refractivity contribution >= 4 is 17.3 Å². The first kappa shape index (κ1) is 21.7. The van der Waals surface area contributed by atoms with Crippen LogP contribution < -0.4 is 16.0 Å². The molecule has 0 amide bonds. The number of benzene rings is 2. The summed E-state index contributed by atoms with van der Waals surface area (Å²) >= 11 is 0. The third-order valence-corrected chi connectivity index (χ3v) is 6.11. The van der Waals surface area contributed by atoms with Gasteiger partial charge in [0.15, 0.2) is 0 Å². The third kappa shape index (κ3) is 4.42. The number of aliphatic carboxylic acids is 1. The molecule has 0 saturated carbocycles. The zero-order valence-corrected chi connectivity index (χ0v) is 18.0. The first-order valence-electron chi connectivity index (χ1n) is 10.3. The lowest BCUT2D eigenvalue weighted by Gasteiger charge is -2.34. The minimum absolute atomic E-state index is 0.165. The molecule has 3 rings (SSSR count). The lowest BCUT2D eigenvalue weighted by molar-refractivity contribution is -0.142. The van der Waals surface area contributed by atoms with Crippen molar-refractivity contribution in [2.24, 2.45) is 0 Å². The smallest absolute Gasteiger partial charge is 0.313 e. The fraction of sp³-hybridized carbons (Fsp3) is 0.417. The van der Waals surface area contributed by atoms with Crippen molar-refractivity contribution in [2.75, 3.05) is 23.7 Å². The van der Waals surface area contributed by atoms with Crippen molar-refractivity contribution in [2.45, 2.75) is 51.1 Å². The molecule has 2 aromatic carbocycles. The van der Waals surface area contributed by atoms with Gasteiger partial charge in [-0.05, 0) is 49.9 Å². The molecule has 30 heavy (non-hydrogen) atoms. The number of para-hydroxylation sites is 1. The Morgan fingerprint density at radius 1 is 1.27 bits per heavy atom. The second-order valence-corrected chi connectivity index (χ2v) is 8.62. The van der Waals surface area contributed by atoms with E-state index in [0.717, 1.165) is 30.0 Å². The van der Waals surface area contributed by atoms with E-state index in [1.165, 1.54) is 5.56 Å². The van der Waals surface area contributed by atoms with E-state index in [1.54, 1.807) is 13.8 Å². The van der Waals surface area contributed by atoms with Gasteiger partial charge < -0.3 is 21.1 Å². The summed E-state index contributed by atoms with van der Waals surface area (Å²) in [4.78, 5) is 11.4. The summed E-state index contributed by atoms with van der Waals surface area (Å²) in [6.07, 6.45) is 0. The van der Waals surface area contributed by atoms with Crippen LogP contribution >= 0.6 is 0 Å². The molecule has 0 spiro atoms. The fourth-order valence-corrected chi connectivity index (χ4v) is 3.68. The fourth-order valence-electron chi connectivity index (χ4n) is 3.68. The van der Waals surface area contributed by atoms with Crippen molar-refractivity contribution in [1.29, 1.82) is 5.26 Å². The average molecular weight is 407 g/mol. The predicted molar refractivity (Wildman–Crippen MR) is 120 cm³/mol. The van der Waals surface area contributed by atoms with E-state index < -0.39 is 11.4 Å². The SMILES string of the molecule is C[C@H](CN[C@H](C)[C@H]1CNc2cccc(C#N)c2N1)c1ccc(C(C)(C)C(=O)O)cc1. The van der Waals surface area contributed by atoms with Crippen LogP contribution in [0.25, 0.3) is 0 Å². The summed E-state index contributed by atoms with van der Waals surface area (Å²) in [5.41, 5.74) is 3.56. The molecule has 1 aliphatic heterocycles. The standard InChI is InChI=1S/C24H30N4O2/c1-15(17-8-10-19(11-9-17)24(3,4)23(29)30)13-26-16(2)21-14-27-20-7-5-6-18(12-25)22(20)28-21/h5-11,15-16,21,26-28H,13-14H2,1-4H3,(H,29,30)/t15-,16-,21-/m1/s1. The van der Waals surface area contributed by atoms with Gasteiger partial charge in [0.25, 0.3) is 0 Å². The first-order valence-corrected chi connectivity index (χ1v) is 10.3. The van der Waals surface area contributed by atoms with E-state index >= 15 is 0 Å². The van der Waals surface area contributed by atoms with Crippen LogP contribution in [0.5, 0.6) is 0 Å². The van der Waals surface area contributed by atoms with Gasteiger partial charge >= 0.3 is 5.97 Å². The zero-order chi connectivity index (χ0) is 21.9. The molecule has 0 radical (unpaired) electrons. The molecule has 0 aromatic heterocycles. The highest BCUT2D eigenvalue weighted by Gasteiger charge is 2.29. The van der Waals surface area contributed by atoms with Gasteiger partial charge in [0, 0.05) is 19.1 Å². The molecule has 6 heteroatoms. The van der Waals surface area contributed by atoms with Gasteiger partial charge in [0.1, 0.15) is 6.07 Å². The van der Waals surface area contributed by atoms with Crippen molar-refractivity contribution in [3.63, 3.8) is 0 Å².